The van der Waals surface area contributed by atoms with Crippen LogP contribution in [0, 0.1) is 0 Å². The number of benzene rings is 2. The van der Waals surface area contributed by atoms with E-state index in [1.165, 1.54) is 16.7 Å². The van der Waals surface area contributed by atoms with E-state index in [9.17, 15) is 0 Å². The zero-order chi connectivity index (χ0) is 13.0. The van der Waals surface area contributed by atoms with Gasteiger partial charge in [-0.15, -0.1) is 0 Å². The molecule has 0 spiro atoms. The normalized spacial score (nSPS) is 11.3. The zero-order valence-electron chi connectivity index (χ0n) is 10.7. The van der Waals surface area contributed by atoms with Gasteiger partial charge in [-0.3, -0.25) is 0 Å². The molecule has 0 unspecified atom stereocenters. The Balaban J connectivity index is 2.17. The van der Waals surface area contributed by atoms with Gasteiger partial charge in [-0.1, -0.05) is 84.4 Å². The molecule has 1 heteroatoms. The molecule has 0 saturated heterocycles. The van der Waals surface area contributed by atoms with Crippen molar-refractivity contribution in [2.75, 3.05) is 0 Å². The minimum absolute atomic E-state index is 0.589. The van der Waals surface area contributed by atoms with Crippen LogP contribution in [-0.2, 0) is 0 Å². The second-order valence-corrected chi connectivity index (χ2v) is 5.53. The van der Waals surface area contributed by atoms with E-state index in [4.69, 9.17) is 0 Å². The van der Waals surface area contributed by atoms with Gasteiger partial charge in [0.05, 0.1) is 0 Å². The first-order chi connectivity index (χ1) is 8.66. The van der Waals surface area contributed by atoms with E-state index in [0.29, 0.717) is 5.92 Å². The van der Waals surface area contributed by atoms with Crippen LogP contribution in [0.25, 0.3) is 12.2 Å². The fraction of sp³-hybridized carbons (Fsp3) is 0.176. The Hall–Kier alpha value is -1.34. The second kappa shape index (κ2) is 6.01. The lowest BCUT2D eigenvalue weighted by molar-refractivity contribution is 0.866. The summed E-state index contributed by atoms with van der Waals surface area (Å²) in [6.45, 7) is 4.43. The monoisotopic (exact) mass is 300 g/mol. The van der Waals surface area contributed by atoms with E-state index in [2.05, 4.69) is 78.3 Å². The van der Waals surface area contributed by atoms with Gasteiger partial charge in [0.25, 0.3) is 0 Å². The number of rotatable bonds is 3. The average Bonchev–Trinajstić information content (AvgIpc) is 2.38. The minimum atomic E-state index is 0.589. The molecule has 0 nitrogen and oxygen atoms in total. The van der Waals surface area contributed by atoms with Crippen LogP contribution in [0.3, 0.4) is 0 Å². The summed E-state index contributed by atoms with van der Waals surface area (Å²) in [5, 5.41) is 0. The van der Waals surface area contributed by atoms with Gasteiger partial charge in [-0.25, -0.2) is 0 Å². The van der Waals surface area contributed by atoms with Crippen molar-refractivity contribution in [3.05, 3.63) is 69.7 Å². The Morgan fingerprint density at radius 1 is 0.889 bits per heavy atom. The molecule has 0 saturated carbocycles. The molecular formula is C17H17Br. The molecule has 0 aliphatic carbocycles. The van der Waals surface area contributed by atoms with Crippen molar-refractivity contribution < 1.29 is 0 Å². The fourth-order valence-electron chi connectivity index (χ4n) is 1.79. The van der Waals surface area contributed by atoms with E-state index >= 15 is 0 Å². The molecular weight excluding hydrogens is 284 g/mol. The smallest absolute Gasteiger partial charge is 0.0247 e. The highest BCUT2D eigenvalue weighted by atomic mass is 79.9. The van der Waals surface area contributed by atoms with Gasteiger partial charge < -0.3 is 0 Å². The first-order valence-electron chi connectivity index (χ1n) is 6.19. The maximum Gasteiger partial charge on any atom is 0.0247 e. The Kier molecular flexibility index (Phi) is 4.38. The Bertz CT molecular complexity index is 536. The average molecular weight is 301 g/mol. The lowest BCUT2D eigenvalue weighted by Crippen LogP contribution is -1.85. The maximum atomic E-state index is 3.55. The van der Waals surface area contributed by atoms with Crippen LogP contribution in [0.1, 0.15) is 36.5 Å². The van der Waals surface area contributed by atoms with Gasteiger partial charge in [0, 0.05) is 4.47 Å². The lowest BCUT2D eigenvalue weighted by atomic mass is 10.0. The first-order valence-corrected chi connectivity index (χ1v) is 6.98. The van der Waals surface area contributed by atoms with E-state index in [-0.39, 0.29) is 0 Å². The Labute approximate surface area is 117 Å². The van der Waals surface area contributed by atoms with Crippen LogP contribution < -0.4 is 0 Å². The molecule has 0 heterocycles. The molecule has 0 atom stereocenters. The Morgan fingerprint density at radius 2 is 1.56 bits per heavy atom. The third-order valence-corrected chi connectivity index (χ3v) is 3.69. The molecule has 18 heavy (non-hydrogen) atoms. The highest BCUT2D eigenvalue weighted by Crippen LogP contribution is 2.19. The van der Waals surface area contributed by atoms with Crippen LogP contribution in [0.4, 0.5) is 0 Å². The second-order valence-electron chi connectivity index (χ2n) is 4.68. The molecule has 92 valence electrons. The SMILES string of the molecule is CC(C)c1ccc(C=Cc2ccccc2Br)cc1. The van der Waals surface area contributed by atoms with Crippen LogP contribution in [0.15, 0.2) is 53.0 Å². The van der Waals surface area contributed by atoms with Crippen molar-refractivity contribution in [3.63, 3.8) is 0 Å². The topological polar surface area (TPSA) is 0 Å². The molecule has 0 N–H and O–H groups in total. The molecule has 0 aliphatic heterocycles. The molecule has 0 bridgehead atoms. The molecule has 0 fully saturated rings. The molecule has 0 aromatic heterocycles. The van der Waals surface area contributed by atoms with Crippen molar-refractivity contribution in [2.24, 2.45) is 0 Å². The standard InChI is InChI=1S/C17H17Br/c1-13(2)15-10-7-14(8-11-15)9-12-16-5-3-4-6-17(16)18/h3-13H,1-2H3. The largest absolute Gasteiger partial charge is 0.0616 e. The summed E-state index contributed by atoms with van der Waals surface area (Å²) in [6.07, 6.45) is 4.28. The van der Waals surface area contributed by atoms with Gasteiger partial charge in [-0.05, 0) is 28.7 Å². The van der Waals surface area contributed by atoms with E-state index in [0.717, 1.165) is 4.47 Å². The highest BCUT2D eigenvalue weighted by Gasteiger charge is 1.97. The highest BCUT2D eigenvalue weighted by molar-refractivity contribution is 9.10. The van der Waals surface area contributed by atoms with E-state index in [1.807, 2.05) is 12.1 Å². The Morgan fingerprint density at radius 3 is 2.17 bits per heavy atom. The van der Waals surface area contributed by atoms with Crippen molar-refractivity contribution in [1.29, 1.82) is 0 Å². The van der Waals surface area contributed by atoms with Gasteiger partial charge in [0.2, 0.25) is 0 Å². The predicted molar refractivity (Wildman–Crippen MR) is 83.6 cm³/mol. The van der Waals surface area contributed by atoms with Crippen LogP contribution in [0.5, 0.6) is 0 Å². The first kappa shape index (κ1) is 13.1. The number of hydrogen-bond acceptors (Lipinski definition) is 0. The molecule has 2 aromatic carbocycles. The quantitative estimate of drug-likeness (QED) is 0.634. The molecule has 0 amide bonds. The van der Waals surface area contributed by atoms with Crippen molar-refractivity contribution >= 4 is 28.1 Å². The van der Waals surface area contributed by atoms with Crippen molar-refractivity contribution in [3.8, 4) is 0 Å². The molecule has 0 radical (unpaired) electrons. The van der Waals surface area contributed by atoms with Crippen molar-refractivity contribution in [2.45, 2.75) is 19.8 Å². The van der Waals surface area contributed by atoms with Gasteiger partial charge in [0.15, 0.2) is 0 Å². The molecule has 2 rings (SSSR count). The summed E-state index contributed by atoms with van der Waals surface area (Å²) >= 11 is 3.55. The third kappa shape index (κ3) is 3.33. The van der Waals surface area contributed by atoms with Gasteiger partial charge >= 0.3 is 0 Å². The maximum absolute atomic E-state index is 3.55. The zero-order valence-corrected chi connectivity index (χ0v) is 12.3. The van der Waals surface area contributed by atoms with Crippen molar-refractivity contribution in [1.82, 2.24) is 0 Å². The van der Waals surface area contributed by atoms with Crippen LogP contribution in [-0.4, -0.2) is 0 Å². The summed E-state index contributed by atoms with van der Waals surface area (Å²) in [4.78, 5) is 0. The van der Waals surface area contributed by atoms with Gasteiger partial charge in [0.1, 0.15) is 0 Å². The molecule has 2 aromatic rings. The predicted octanol–water partition coefficient (Wildman–Crippen LogP) is 5.74. The fourth-order valence-corrected chi connectivity index (χ4v) is 2.21. The van der Waals surface area contributed by atoms with E-state index in [1.54, 1.807) is 0 Å². The van der Waals surface area contributed by atoms with Gasteiger partial charge in [-0.2, -0.15) is 0 Å². The van der Waals surface area contributed by atoms with Crippen LogP contribution >= 0.6 is 15.9 Å². The third-order valence-electron chi connectivity index (χ3n) is 2.96. The van der Waals surface area contributed by atoms with Crippen LogP contribution in [0.2, 0.25) is 0 Å². The minimum Gasteiger partial charge on any atom is -0.0616 e. The number of hydrogen-bond donors (Lipinski definition) is 0. The lowest BCUT2D eigenvalue weighted by Gasteiger charge is -2.04. The summed E-state index contributed by atoms with van der Waals surface area (Å²) in [7, 11) is 0. The number of halogens is 1. The summed E-state index contributed by atoms with van der Waals surface area (Å²) in [5.41, 5.74) is 3.81. The van der Waals surface area contributed by atoms with E-state index < -0.39 is 0 Å². The summed E-state index contributed by atoms with van der Waals surface area (Å²) in [6, 6.07) is 17.0. The summed E-state index contributed by atoms with van der Waals surface area (Å²) in [5.74, 6) is 0.589. The summed E-state index contributed by atoms with van der Waals surface area (Å²) < 4.78 is 1.13. The molecule has 0 aliphatic rings.